The molecule has 0 spiro atoms. The minimum absolute atomic E-state index is 0.106. The minimum Gasteiger partial charge on any atom is -0.511 e. The Bertz CT molecular complexity index is 439. The molecule has 0 saturated carbocycles. The Morgan fingerprint density at radius 2 is 1.95 bits per heavy atom. The lowest BCUT2D eigenvalue weighted by atomic mass is 9.99. The normalized spacial score (nSPS) is 23.2. The van der Waals surface area contributed by atoms with E-state index in [1.165, 1.54) is 0 Å². The van der Waals surface area contributed by atoms with Crippen LogP contribution in [-0.2, 0) is 9.59 Å². The van der Waals surface area contributed by atoms with Gasteiger partial charge in [0.2, 0.25) is 0 Å². The molecular formula is C15H22O4. The van der Waals surface area contributed by atoms with Crippen LogP contribution < -0.4 is 0 Å². The molecule has 2 N–H and O–H groups in total. The summed E-state index contributed by atoms with van der Waals surface area (Å²) in [6, 6.07) is 0. The molecule has 0 heterocycles. The van der Waals surface area contributed by atoms with Gasteiger partial charge >= 0.3 is 0 Å². The first kappa shape index (κ1) is 15.6. The minimum atomic E-state index is -1.30. The monoisotopic (exact) mass is 266 g/mol. The first-order valence-corrected chi connectivity index (χ1v) is 6.57. The third-order valence-electron chi connectivity index (χ3n) is 3.16. The largest absolute Gasteiger partial charge is 0.511 e. The van der Waals surface area contributed by atoms with Crippen molar-refractivity contribution in [3.05, 3.63) is 23.0 Å². The summed E-state index contributed by atoms with van der Waals surface area (Å²) in [5.74, 6) is -1.85. The zero-order chi connectivity index (χ0) is 14.7. The molecule has 0 amide bonds. The number of carbonyl (C=O) groups is 2. The summed E-state index contributed by atoms with van der Waals surface area (Å²) in [5.41, 5.74) is 0.836. The summed E-state index contributed by atoms with van der Waals surface area (Å²) in [6.45, 7) is 7.53. The van der Waals surface area contributed by atoms with E-state index in [1.54, 1.807) is 0 Å². The standard InChI is InChI=1S/C15H22O4/c1-8(2)5-6-10-13(17)12(15(19)14(10)18)11(16)7-9(3)4/h5,9-10,14,17-18H,6-7H2,1-4H3/t10-,14-/m1/s1. The van der Waals surface area contributed by atoms with Crippen molar-refractivity contribution in [2.24, 2.45) is 11.8 Å². The van der Waals surface area contributed by atoms with Gasteiger partial charge in [0, 0.05) is 6.42 Å². The first-order valence-electron chi connectivity index (χ1n) is 6.57. The van der Waals surface area contributed by atoms with Gasteiger partial charge in [-0.05, 0) is 26.2 Å². The van der Waals surface area contributed by atoms with Crippen LogP contribution in [-0.4, -0.2) is 27.9 Å². The van der Waals surface area contributed by atoms with E-state index in [4.69, 9.17) is 0 Å². The summed E-state index contributed by atoms with van der Waals surface area (Å²) in [7, 11) is 0. The third-order valence-corrected chi connectivity index (χ3v) is 3.16. The Hall–Kier alpha value is -1.42. The van der Waals surface area contributed by atoms with E-state index in [0.717, 1.165) is 5.57 Å². The SMILES string of the molecule is CC(C)=CC[C@@H]1C(O)=C(C(=O)CC(C)C)C(=O)[C@@H]1O. The van der Waals surface area contributed by atoms with E-state index in [9.17, 15) is 19.8 Å². The summed E-state index contributed by atoms with van der Waals surface area (Å²) in [4.78, 5) is 23.8. The molecule has 0 aromatic carbocycles. The molecular weight excluding hydrogens is 244 g/mol. The maximum absolute atomic E-state index is 11.9. The number of allylic oxidation sites excluding steroid dienone is 2. The number of hydrogen-bond donors (Lipinski definition) is 2. The zero-order valence-electron chi connectivity index (χ0n) is 11.9. The molecule has 0 bridgehead atoms. The van der Waals surface area contributed by atoms with Gasteiger partial charge < -0.3 is 10.2 Å². The predicted molar refractivity (Wildman–Crippen MR) is 72.7 cm³/mol. The fraction of sp³-hybridized carbons (Fsp3) is 0.600. The molecule has 0 fully saturated rings. The topological polar surface area (TPSA) is 74.6 Å². The summed E-state index contributed by atoms with van der Waals surface area (Å²) in [6.07, 6.45) is 1.10. The van der Waals surface area contributed by atoms with Crippen LogP contribution in [0.25, 0.3) is 0 Å². The zero-order valence-corrected chi connectivity index (χ0v) is 11.9. The van der Waals surface area contributed by atoms with Gasteiger partial charge in [0.15, 0.2) is 11.6 Å². The molecule has 106 valence electrons. The highest BCUT2D eigenvalue weighted by Gasteiger charge is 2.43. The van der Waals surface area contributed by atoms with Crippen molar-refractivity contribution in [3.63, 3.8) is 0 Å². The van der Waals surface area contributed by atoms with Crippen LogP contribution in [0.1, 0.15) is 40.5 Å². The molecule has 4 nitrogen and oxygen atoms in total. The molecule has 19 heavy (non-hydrogen) atoms. The molecule has 1 aliphatic rings. The molecule has 0 radical (unpaired) electrons. The summed E-state index contributed by atoms with van der Waals surface area (Å²) >= 11 is 0. The molecule has 1 rings (SSSR count). The van der Waals surface area contributed by atoms with Crippen molar-refractivity contribution in [3.8, 4) is 0 Å². The molecule has 0 aromatic rings. The molecule has 2 atom stereocenters. The number of aliphatic hydroxyl groups excluding tert-OH is 2. The Morgan fingerprint density at radius 1 is 1.37 bits per heavy atom. The van der Waals surface area contributed by atoms with Crippen molar-refractivity contribution < 1.29 is 19.8 Å². The number of rotatable bonds is 5. The molecule has 4 heteroatoms. The van der Waals surface area contributed by atoms with Gasteiger partial charge in [-0.1, -0.05) is 25.5 Å². The predicted octanol–water partition coefficient (Wildman–Crippen LogP) is 2.33. The van der Waals surface area contributed by atoms with Crippen molar-refractivity contribution >= 4 is 11.6 Å². The van der Waals surface area contributed by atoms with Gasteiger partial charge in [-0.15, -0.1) is 0 Å². The van der Waals surface area contributed by atoms with Crippen molar-refractivity contribution in [1.29, 1.82) is 0 Å². The molecule has 0 aliphatic heterocycles. The van der Waals surface area contributed by atoms with E-state index in [0.29, 0.717) is 6.42 Å². The smallest absolute Gasteiger partial charge is 0.199 e. The lowest BCUT2D eigenvalue weighted by Gasteiger charge is -2.11. The van der Waals surface area contributed by atoms with Crippen molar-refractivity contribution in [2.45, 2.75) is 46.6 Å². The second kappa shape index (κ2) is 6.15. The lowest BCUT2D eigenvalue weighted by molar-refractivity contribution is -0.126. The Kier molecular flexibility index (Phi) is 5.06. The third kappa shape index (κ3) is 3.53. The van der Waals surface area contributed by atoms with E-state index in [1.807, 2.05) is 33.8 Å². The van der Waals surface area contributed by atoms with Crippen molar-refractivity contribution in [1.82, 2.24) is 0 Å². The van der Waals surface area contributed by atoms with E-state index < -0.39 is 17.8 Å². The maximum Gasteiger partial charge on any atom is 0.199 e. The lowest BCUT2D eigenvalue weighted by Crippen LogP contribution is -2.25. The number of ketones is 2. The fourth-order valence-electron chi connectivity index (χ4n) is 2.15. The fourth-order valence-corrected chi connectivity index (χ4v) is 2.15. The number of carbonyl (C=O) groups excluding carboxylic acids is 2. The van der Waals surface area contributed by atoms with Gasteiger partial charge in [0.25, 0.3) is 0 Å². The van der Waals surface area contributed by atoms with E-state index in [-0.39, 0.29) is 29.5 Å². The second-order valence-electron chi connectivity index (χ2n) is 5.71. The summed E-state index contributed by atoms with van der Waals surface area (Å²) in [5, 5.41) is 19.9. The van der Waals surface area contributed by atoms with Crippen LogP contribution >= 0.6 is 0 Å². The molecule has 0 unspecified atom stereocenters. The Balaban J connectivity index is 2.99. The summed E-state index contributed by atoms with van der Waals surface area (Å²) < 4.78 is 0. The Labute approximate surface area is 113 Å². The highest BCUT2D eigenvalue weighted by Crippen LogP contribution is 2.32. The Morgan fingerprint density at radius 3 is 2.42 bits per heavy atom. The van der Waals surface area contributed by atoms with Gasteiger partial charge in [0.05, 0.1) is 5.92 Å². The van der Waals surface area contributed by atoms with Crippen LogP contribution in [0.15, 0.2) is 23.0 Å². The van der Waals surface area contributed by atoms with Gasteiger partial charge in [0.1, 0.15) is 17.4 Å². The highest BCUT2D eigenvalue weighted by atomic mass is 16.3. The van der Waals surface area contributed by atoms with Crippen LogP contribution in [0, 0.1) is 11.8 Å². The van der Waals surface area contributed by atoms with Gasteiger partial charge in [-0.2, -0.15) is 0 Å². The van der Waals surface area contributed by atoms with Crippen molar-refractivity contribution in [2.75, 3.05) is 0 Å². The second-order valence-corrected chi connectivity index (χ2v) is 5.71. The van der Waals surface area contributed by atoms with Crippen LogP contribution in [0.4, 0.5) is 0 Å². The van der Waals surface area contributed by atoms with Gasteiger partial charge in [-0.3, -0.25) is 9.59 Å². The van der Waals surface area contributed by atoms with E-state index >= 15 is 0 Å². The average molecular weight is 266 g/mol. The maximum atomic E-state index is 11.9. The van der Waals surface area contributed by atoms with Gasteiger partial charge in [-0.25, -0.2) is 0 Å². The van der Waals surface area contributed by atoms with Crippen LogP contribution in [0.3, 0.4) is 0 Å². The van der Waals surface area contributed by atoms with E-state index in [2.05, 4.69) is 0 Å². The van der Waals surface area contributed by atoms with Crippen LogP contribution in [0.2, 0.25) is 0 Å². The number of Topliss-reactive ketones (excluding diaryl/α,β-unsaturated/α-hetero) is 2. The first-order chi connectivity index (χ1) is 8.75. The number of aliphatic hydroxyl groups is 2. The molecule has 0 aromatic heterocycles. The number of hydrogen-bond acceptors (Lipinski definition) is 4. The quantitative estimate of drug-likeness (QED) is 0.591. The molecule has 1 aliphatic carbocycles. The molecule has 0 saturated heterocycles. The highest BCUT2D eigenvalue weighted by molar-refractivity contribution is 6.23. The van der Waals surface area contributed by atoms with Crippen LogP contribution in [0.5, 0.6) is 0 Å². The average Bonchev–Trinajstić information content (AvgIpc) is 2.47.